The minimum Gasteiger partial charge on any atom is -0.308 e. The summed E-state index contributed by atoms with van der Waals surface area (Å²) in [6.45, 7) is 0. The number of rotatable bonds is 2. The molecule has 0 atom stereocenters. The Balaban J connectivity index is 2.51. The minimum atomic E-state index is -1.01. The Kier molecular flexibility index (Phi) is 3.33. The molecule has 0 saturated heterocycles. The molecule has 22 heavy (non-hydrogen) atoms. The van der Waals surface area contributed by atoms with Crippen LogP contribution in [0.5, 0.6) is 0 Å². The van der Waals surface area contributed by atoms with Gasteiger partial charge in [-0.15, -0.1) is 0 Å². The number of halogens is 2. The van der Waals surface area contributed by atoms with Crippen molar-refractivity contribution in [3.8, 4) is 11.1 Å². The molecule has 0 spiro atoms. The molecule has 3 rings (SSSR count). The first-order chi connectivity index (χ1) is 10.5. The molecule has 0 aliphatic heterocycles. The molecule has 0 radical (unpaired) electrons. The third kappa shape index (κ3) is 2.02. The van der Waals surface area contributed by atoms with Gasteiger partial charge in [-0.25, -0.2) is 8.78 Å². The second-order valence-electron chi connectivity index (χ2n) is 4.92. The summed E-state index contributed by atoms with van der Waals surface area (Å²) in [5.41, 5.74) is 0.554. The predicted octanol–water partition coefficient (Wildman–Crippen LogP) is 3.30. The zero-order valence-electron chi connectivity index (χ0n) is 11.6. The van der Waals surface area contributed by atoms with Crippen molar-refractivity contribution >= 4 is 17.1 Å². The Morgan fingerprint density at radius 2 is 1.68 bits per heavy atom. The molecule has 0 N–H and O–H groups in total. The van der Waals surface area contributed by atoms with Gasteiger partial charge in [-0.3, -0.25) is 9.59 Å². The number of hydrogen-bond donors (Lipinski definition) is 0. The molecule has 3 nitrogen and oxygen atoms in total. The van der Waals surface area contributed by atoms with Crippen molar-refractivity contribution in [2.24, 2.45) is 7.05 Å². The number of benzene rings is 2. The molecule has 5 heteroatoms. The Morgan fingerprint density at radius 1 is 1.00 bits per heavy atom. The lowest BCUT2D eigenvalue weighted by Gasteiger charge is -2.13. The third-order valence-electron chi connectivity index (χ3n) is 3.67. The lowest BCUT2D eigenvalue weighted by atomic mass is 9.97. The van der Waals surface area contributed by atoms with Gasteiger partial charge in [-0.1, -0.05) is 24.3 Å². The summed E-state index contributed by atoms with van der Waals surface area (Å²) < 4.78 is 27.9. The highest BCUT2D eigenvalue weighted by Crippen LogP contribution is 2.30. The molecule has 0 aliphatic rings. The molecule has 0 aliphatic carbocycles. The number of carbonyl (C=O) groups excluding carboxylic acids is 1. The highest BCUT2D eigenvalue weighted by Gasteiger charge is 2.16. The zero-order chi connectivity index (χ0) is 15.9. The quantitative estimate of drug-likeness (QED) is 0.681. The summed E-state index contributed by atoms with van der Waals surface area (Å²) in [5.74, 6) is -1.97. The largest absolute Gasteiger partial charge is 0.308 e. The van der Waals surface area contributed by atoms with E-state index in [9.17, 15) is 18.4 Å². The van der Waals surface area contributed by atoms with Crippen molar-refractivity contribution in [2.45, 2.75) is 0 Å². The van der Waals surface area contributed by atoms with Gasteiger partial charge in [-0.05, 0) is 29.1 Å². The Hall–Kier alpha value is -2.82. The number of carbonyl (C=O) groups is 1. The molecule has 0 fully saturated rings. The van der Waals surface area contributed by atoms with Crippen LogP contribution in [0.4, 0.5) is 8.78 Å². The molecule has 1 aromatic heterocycles. The van der Waals surface area contributed by atoms with Crippen molar-refractivity contribution < 1.29 is 13.6 Å². The second kappa shape index (κ2) is 5.18. The Bertz CT molecular complexity index is 961. The number of aldehydes is 1. The van der Waals surface area contributed by atoms with Crippen molar-refractivity contribution in [1.29, 1.82) is 0 Å². The van der Waals surface area contributed by atoms with Crippen LogP contribution in [-0.2, 0) is 7.05 Å². The average Bonchev–Trinajstić information content (AvgIpc) is 2.53. The van der Waals surface area contributed by atoms with Crippen molar-refractivity contribution in [3.05, 3.63) is 70.1 Å². The summed E-state index contributed by atoms with van der Waals surface area (Å²) in [7, 11) is 1.47. The SMILES string of the molecule is Cn1c(C=O)c(-c2ccc(F)c(F)c2)c2ccccc2c1=O. The van der Waals surface area contributed by atoms with Crippen LogP contribution in [0.25, 0.3) is 21.9 Å². The van der Waals surface area contributed by atoms with Crippen LogP contribution in [0.3, 0.4) is 0 Å². The van der Waals surface area contributed by atoms with E-state index in [4.69, 9.17) is 0 Å². The standard InChI is InChI=1S/C17H11F2NO2/c1-20-15(9-21)16(10-6-7-13(18)14(19)8-10)11-4-2-3-5-12(11)17(20)22/h2-9H,1H3. The number of aromatic nitrogens is 1. The molecular weight excluding hydrogens is 288 g/mol. The van der Waals surface area contributed by atoms with E-state index in [1.807, 2.05) is 0 Å². The van der Waals surface area contributed by atoms with Crippen LogP contribution in [0.1, 0.15) is 10.5 Å². The van der Waals surface area contributed by atoms with Gasteiger partial charge in [0.2, 0.25) is 0 Å². The topological polar surface area (TPSA) is 39.1 Å². The van der Waals surface area contributed by atoms with Gasteiger partial charge < -0.3 is 4.57 Å². The summed E-state index contributed by atoms with van der Waals surface area (Å²) in [4.78, 5) is 23.7. The van der Waals surface area contributed by atoms with E-state index in [0.29, 0.717) is 28.2 Å². The predicted molar refractivity (Wildman–Crippen MR) is 79.9 cm³/mol. The van der Waals surface area contributed by atoms with E-state index in [0.717, 1.165) is 12.1 Å². The van der Waals surface area contributed by atoms with Crippen molar-refractivity contribution in [1.82, 2.24) is 4.57 Å². The van der Waals surface area contributed by atoms with Crippen molar-refractivity contribution in [2.75, 3.05) is 0 Å². The van der Waals surface area contributed by atoms with E-state index < -0.39 is 11.6 Å². The molecule has 2 aromatic carbocycles. The summed E-state index contributed by atoms with van der Waals surface area (Å²) in [6.07, 6.45) is 0.546. The lowest BCUT2D eigenvalue weighted by molar-refractivity contribution is 0.111. The Labute approximate surface area is 124 Å². The molecule has 110 valence electrons. The first-order valence-electron chi connectivity index (χ1n) is 6.57. The van der Waals surface area contributed by atoms with E-state index >= 15 is 0 Å². The van der Waals surface area contributed by atoms with Gasteiger partial charge in [0.05, 0.1) is 5.69 Å². The maximum absolute atomic E-state index is 13.5. The number of pyridine rings is 1. The van der Waals surface area contributed by atoms with E-state index in [1.54, 1.807) is 24.3 Å². The highest BCUT2D eigenvalue weighted by atomic mass is 19.2. The molecule has 0 amide bonds. The normalized spacial score (nSPS) is 10.9. The summed E-state index contributed by atoms with van der Waals surface area (Å²) in [5, 5.41) is 0.939. The van der Waals surface area contributed by atoms with E-state index in [2.05, 4.69) is 0 Å². The molecule has 0 saturated carbocycles. The maximum atomic E-state index is 13.5. The van der Waals surface area contributed by atoms with Gasteiger partial charge in [0, 0.05) is 18.0 Å². The van der Waals surface area contributed by atoms with Gasteiger partial charge >= 0.3 is 0 Å². The van der Waals surface area contributed by atoms with E-state index in [-0.39, 0.29) is 11.3 Å². The monoisotopic (exact) mass is 299 g/mol. The van der Waals surface area contributed by atoms with Gasteiger partial charge in [-0.2, -0.15) is 0 Å². The molecule has 0 unspecified atom stereocenters. The summed E-state index contributed by atoms with van der Waals surface area (Å²) in [6, 6.07) is 10.2. The first-order valence-corrected chi connectivity index (χ1v) is 6.57. The molecule has 0 bridgehead atoms. The summed E-state index contributed by atoms with van der Waals surface area (Å²) >= 11 is 0. The molecular formula is C17H11F2NO2. The van der Waals surface area contributed by atoms with Gasteiger partial charge in [0.1, 0.15) is 0 Å². The fourth-order valence-electron chi connectivity index (χ4n) is 2.58. The smallest absolute Gasteiger partial charge is 0.258 e. The second-order valence-corrected chi connectivity index (χ2v) is 4.92. The minimum absolute atomic E-state index is 0.120. The van der Waals surface area contributed by atoms with Crippen molar-refractivity contribution in [3.63, 3.8) is 0 Å². The number of hydrogen-bond acceptors (Lipinski definition) is 2. The lowest BCUT2D eigenvalue weighted by Crippen LogP contribution is -2.21. The first kappa shape index (κ1) is 14.1. The van der Waals surface area contributed by atoms with Gasteiger partial charge in [0.15, 0.2) is 17.9 Å². The van der Waals surface area contributed by atoms with Crippen LogP contribution in [0.15, 0.2) is 47.3 Å². The van der Waals surface area contributed by atoms with Crippen LogP contribution >= 0.6 is 0 Å². The average molecular weight is 299 g/mol. The molecule has 1 heterocycles. The fraction of sp³-hybridized carbons (Fsp3) is 0.0588. The van der Waals surface area contributed by atoms with Crippen LogP contribution < -0.4 is 5.56 Å². The van der Waals surface area contributed by atoms with Crippen LogP contribution in [-0.4, -0.2) is 10.9 Å². The van der Waals surface area contributed by atoms with Crippen LogP contribution in [0, 0.1) is 11.6 Å². The van der Waals surface area contributed by atoms with Crippen LogP contribution in [0.2, 0.25) is 0 Å². The maximum Gasteiger partial charge on any atom is 0.258 e. The van der Waals surface area contributed by atoms with E-state index in [1.165, 1.54) is 17.7 Å². The zero-order valence-corrected chi connectivity index (χ0v) is 11.6. The fourth-order valence-corrected chi connectivity index (χ4v) is 2.58. The molecule has 3 aromatic rings. The third-order valence-corrected chi connectivity index (χ3v) is 3.67. The van der Waals surface area contributed by atoms with Gasteiger partial charge in [0.25, 0.3) is 5.56 Å². The number of fused-ring (bicyclic) bond motifs is 1. The number of nitrogens with zero attached hydrogens (tertiary/aromatic N) is 1. The highest BCUT2D eigenvalue weighted by molar-refractivity contribution is 6.02. The Morgan fingerprint density at radius 3 is 2.32 bits per heavy atom.